The molecule has 0 spiro atoms. The van der Waals surface area contributed by atoms with Crippen LogP contribution in [0.15, 0.2) is 109 Å². The zero-order chi connectivity index (χ0) is 45.0. The average Bonchev–Trinajstić information content (AvgIpc) is 3.61. The van der Waals surface area contributed by atoms with Crippen LogP contribution in [0.5, 0.6) is 0 Å². The van der Waals surface area contributed by atoms with Gasteiger partial charge in [-0.2, -0.15) is 0 Å². The molecule has 3 heterocycles. The zero-order valence-corrected chi connectivity index (χ0v) is 40.8. The van der Waals surface area contributed by atoms with Crippen LogP contribution in [0.2, 0.25) is 0 Å². The highest BCUT2D eigenvalue weighted by molar-refractivity contribution is 7.26. The van der Waals surface area contributed by atoms with Crippen LogP contribution >= 0.6 is 11.3 Å². The summed E-state index contributed by atoms with van der Waals surface area (Å²) in [5, 5.41) is 2.46. The Kier molecular flexibility index (Phi) is 8.90. The Morgan fingerprint density at radius 1 is 0.594 bits per heavy atom. The molecule has 11 rings (SSSR count). The molecular weight excluding hydrogens is 799 g/mol. The Morgan fingerprint density at radius 3 is 1.94 bits per heavy atom. The predicted molar refractivity (Wildman–Crippen MR) is 275 cm³/mol. The Balaban J connectivity index is 1.29. The highest BCUT2D eigenvalue weighted by atomic mass is 32.1. The maximum atomic E-state index is 17.4. The first-order valence-corrected chi connectivity index (χ1v) is 24.5. The molecule has 324 valence electrons. The molecule has 0 unspecified atom stereocenters. The van der Waals surface area contributed by atoms with Crippen molar-refractivity contribution in [3.05, 3.63) is 148 Å². The summed E-state index contributed by atoms with van der Waals surface area (Å²) in [6.45, 7) is 28.4. The third kappa shape index (κ3) is 6.08. The molecule has 6 aromatic carbocycles. The van der Waals surface area contributed by atoms with Crippen molar-refractivity contribution in [2.75, 3.05) is 9.80 Å². The second-order valence-electron chi connectivity index (χ2n) is 23.3. The molecule has 0 saturated carbocycles. The van der Waals surface area contributed by atoms with Crippen molar-refractivity contribution >= 4 is 78.0 Å². The Bertz CT molecular complexity index is 3090. The van der Waals surface area contributed by atoms with E-state index in [0.29, 0.717) is 0 Å². The van der Waals surface area contributed by atoms with Crippen LogP contribution in [0.25, 0.3) is 21.2 Å². The van der Waals surface area contributed by atoms with Gasteiger partial charge in [0.2, 0.25) is 0 Å². The normalized spacial score (nSPS) is 18.5. The third-order valence-corrected chi connectivity index (χ3v) is 17.2. The molecule has 0 saturated heterocycles. The summed E-state index contributed by atoms with van der Waals surface area (Å²) >= 11 is 1.85. The Labute approximate surface area is 385 Å². The lowest BCUT2D eigenvalue weighted by molar-refractivity contribution is 0.331. The molecule has 2 aliphatic heterocycles. The number of anilines is 6. The van der Waals surface area contributed by atoms with Gasteiger partial charge in [0.25, 0.3) is 6.71 Å². The summed E-state index contributed by atoms with van der Waals surface area (Å²) in [5.41, 5.74) is 19.5. The van der Waals surface area contributed by atoms with Gasteiger partial charge in [-0.15, -0.1) is 11.3 Å². The second-order valence-corrected chi connectivity index (χ2v) is 24.4. The number of benzene rings is 6. The number of aryl methyl sites for hydroxylation is 1. The molecule has 2 aliphatic carbocycles. The van der Waals surface area contributed by atoms with Crippen LogP contribution in [-0.4, -0.2) is 6.71 Å². The van der Waals surface area contributed by atoms with Crippen LogP contribution in [0.3, 0.4) is 0 Å². The van der Waals surface area contributed by atoms with E-state index in [1.165, 1.54) is 70.5 Å². The average molecular weight is 861 g/mol. The van der Waals surface area contributed by atoms with E-state index in [4.69, 9.17) is 0 Å². The fourth-order valence-electron chi connectivity index (χ4n) is 12.1. The zero-order valence-electron chi connectivity index (χ0n) is 40.0. The SMILES string of the molecule is Cc1ccc2sc3c(c2c1)B1c2ccc4c(c2N(c2ccc5c(c2)C(C)(C)CCC5(C)C)c2cc(F)cc(c21)N3c1ccc(C(C)(C)C)cc1-c1ccccc1)C(C)(C)CCC4(C)C. The van der Waals surface area contributed by atoms with Crippen molar-refractivity contribution in [3.63, 3.8) is 0 Å². The monoisotopic (exact) mass is 860 g/mol. The number of nitrogens with zero attached hydrogens (tertiary/aromatic N) is 2. The number of hydrogen-bond acceptors (Lipinski definition) is 3. The molecule has 64 heavy (non-hydrogen) atoms. The van der Waals surface area contributed by atoms with Crippen molar-refractivity contribution in [1.29, 1.82) is 0 Å². The molecular formula is C59H62BFN2S. The molecule has 0 fully saturated rings. The van der Waals surface area contributed by atoms with E-state index in [-0.39, 0.29) is 39.6 Å². The fraction of sp³-hybridized carbons (Fsp3) is 0.356. The summed E-state index contributed by atoms with van der Waals surface area (Å²) in [6, 6.07) is 40.7. The van der Waals surface area contributed by atoms with Gasteiger partial charge in [-0.05, 0) is 157 Å². The minimum atomic E-state index is -0.220. The van der Waals surface area contributed by atoms with Crippen molar-refractivity contribution < 1.29 is 4.39 Å². The van der Waals surface area contributed by atoms with Gasteiger partial charge >= 0.3 is 0 Å². The molecule has 0 N–H and O–H groups in total. The van der Waals surface area contributed by atoms with Crippen LogP contribution in [0.4, 0.5) is 37.8 Å². The molecule has 0 radical (unpaired) electrons. The van der Waals surface area contributed by atoms with E-state index in [2.05, 4.69) is 190 Å². The van der Waals surface area contributed by atoms with E-state index in [1.54, 1.807) is 0 Å². The van der Waals surface area contributed by atoms with Crippen LogP contribution in [-0.2, 0) is 27.1 Å². The predicted octanol–water partition coefficient (Wildman–Crippen LogP) is 15.1. The molecule has 2 nitrogen and oxygen atoms in total. The topological polar surface area (TPSA) is 6.48 Å². The molecule has 0 bridgehead atoms. The van der Waals surface area contributed by atoms with Gasteiger partial charge in [-0.1, -0.05) is 148 Å². The number of halogens is 1. The van der Waals surface area contributed by atoms with Gasteiger partial charge in [-0.25, -0.2) is 4.39 Å². The third-order valence-electron chi connectivity index (χ3n) is 16.0. The number of hydrogen-bond donors (Lipinski definition) is 0. The van der Waals surface area contributed by atoms with Gasteiger partial charge in [0.15, 0.2) is 0 Å². The van der Waals surface area contributed by atoms with Crippen molar-refractivity contribution in [1.82, 2.24) is 0 Å². The molecule has 1 aromatic heterocycles. The first-order valence-electron chi connectivity index (χ1n) is 23.7. The molecule has 4 aliphatic rings. The fourth-order valence-corrected chi connectivity index (χ4v) is 13.3. The molecule has 0 atom stereocenters. The van der Waals surface area contributed by atoms with Gasteiger partial charge in [-0.3, -0.25) is 0 Å². The van der Waals surface area contributed by atoms with Crippen LogP contribution in [0, 0.1) is 12.7 Å². The van der Waals surface area contributed by atoms with Gasteiger partial charge in [0, 0.05) is 33.0 Å². The maximum Gasteiger partial charge on any atom is 0.254 e. The van der Waals surface area contributed by atoms with Gasteiger partial charge in [0.05, 0.1) is 10.7 Å². The van der Waals surface area contributed by atoms with E-state index < -0.39 is 0 Å². The lowest BCUT2D eigenvalue weighted by atomic mass is 9.33. The van der Waals surface area contributed by atoms with Crippen molar-refractivity contribution in [2.45, 2.75) is 136 Å². The van der Waals surface area contributed by atoms with Crippen LogP contribution < -0.4 is 26.2 Å². The van der Waals surface area contributed by atoms with Crippen molar-refractivity contribution in [3.8, 4) is 11.1 Å². The summed E-state index contributed by atoms with van der Waals surface area (Å²) in [5.74, 6) is -0.220. The summed E-state index contributed by atoms with van der Waals surface area (Å²) in [6.07, 6.45) is 4.49. The highest BCUT2D eigenvalue weighted by Crippen LogP contribution is 2.56. The molecule has 0 amide bonds. The quantitative estimate of drug-likeness (QED) is 0.163. The number of rotatable bonds is 3. The first kappa shape index (κ1) is 41.6. The standard InChI is InChI=1S/C59H62BFN2S/c1-35-18-25-49-41(30-35)51-54(64-49)63(46-24-19-37(55(2,3)4)31-40(46)36-16-14-13-15-17-36)48-33-38(61)32-47-52(48)60(51)45-23-22-43-50(59(11,12)29-28-57(43,7)8)53(45)62(47)39-20-21-42-44(34-39)58(9,10)27-26-56(42,5)6/h13-25,30-34H,26-29H2,1-12H3. The summed E-state index contributed by atoms with van der Waals surface area (Å²) in [7, 11) is 0. The lowest BCUT2D eigenvalue weighted by Crippen LogP contribution is -2.62. The van der Waals surface area contributed by atoms with Gasteiger partial charge in [0.1, 0.15) is 5.82 Å². The minimum Gasteiger partial charge on any atom is -0.311 e. The van der Waals surface area contributed by atoms with Gasteiger partial charge < -0.3 is 9.80 Å². The van der Waals surface area contributed by atoms with E-state index in [0.717, 1.165) is 59.6 Å². The number of fused-ring (bicyclic) bond motifs is 9. The first-order chi connectivity index (χ1) is 30.2. The summed E-state index contributed by atoms with van der Waals surface area (Å²) in [4.78, 5) is 4.97. The van der Waals surface area contributed by atoms with E-state index in [1.807, 2.05) is 23.5 Å². The number of thiophene rings is 1. The Hall–Kier alpha value is -5.13. The summed E-state index contributed by atoms with van der Waals surface area (Å²) < 4.78 is 18.6. The van der Waals surface area contributed by atoms with E-state index >= 15 is 4.39 Å². The molecule has 7 aromatic rings. The van der Waals surface area contributed by atoms with E-state index in [9.17, 15) is 0 Å². The van der Waals surface area contributed by atoms with Crippen molar-refractivity contribution in [2.24, 2.45) is 0 Å². The lowest BCUT2D eigenvalue weighted by Gasteiger charge is -2.49. The maximum absolute atomic E-state index is 17.4. The smallest absolute Gasteiger partial charge is 0.254 e. The second kappa shape index (κ2) is 13.7. The minimum absolute atomic E-state index is 0.00539. The Morgan fingerprint density at radius 2 is 1.23 bits per heavy atom. The van der Waals surface area contributed by atoms with Crippen LogP contribution in [0.1, 0.15) is 135 Å². The molecule has 5 heteroatoms. The largest absolute Gasteiger partial charge is 0.311 e. The highest BCUT2D eigenvalue weighted by Gasteiger charge is 2.50.